The van der Waals surface area contributed by atoms with Gasteiger partial charge in [0.25, 0.3) is 0 Å². The van der Waals surface area contributed by atoms with Gasteiger partial charge in [0.1, 0.15) is 6.35 Å². The summed E-state index contributed by atoms with van der Waals surface area (Å²) < 4.78 is 22.0. The number of carbonyl (C=O) groups is 2. The Kier molecular flexibility index (Phi) is 49.3. The van der Waals surface area contributed by atoms with Gasteiger partial charge in [-0.15, -0.1) is 0 Å². The Morgan fingerprint density at radius 1 is 0.583 bits per heavy atom. The molecule has 0 aliphatic carbocycles. The van der Waals surface area contributed by atoms with Crippen molar-refractivity contribution in [3.8, 4) is 0 Å². The molecule has 4 N–H and O–H groups in total. The van der Waals surface area contributed by atoms with Gasteiger partial charge in [-0.25, -0.2) is 0 Å². The monoisotopic (exact) mass is 711 g/mol. The van der Waals surface area contributed by atoms with Crippen LogP contribution >= 0.6 is 7.60 Å². The van der Waals surface area contributed by atoms with Crippen LogP contribution in [0.4, 0.5) is 0 Å². The van der Waals surface area contributed by atoms with Crippen molar-refractivity contribution in [3.63, 3.8) is 0 Å². The van der Waals surface area contributed by atoms with Gasteiger partial charge in [-0.1, -0.05) is 132 Å². The minimum atomic E-state index is -3.26. The van der Waals surface area contributed by atoms with E-state index in [2.05, 4.69) is 66.0 Å². The third-order valence-corrected chi connectivity index (χ3v) is 8.98. The van der Waals surface area contributed by atoms with Crippen LogP contribution < -0.4 is 10.6 Å². The summed E-state index contributed by atoms with van der Waals surface area (Å²) in [6.45, 7) is 18.6. The van der Waals surface area contributed by atoms with Gasteiger partial charge >= 0.3 is 7.60 Å². The maximum atomic E-state index is 11.8. The minimum Gasteiger partial charge on any atom is -0.393 e. The molecule has 0 spiro atoms. The van der Waals surface area contributed by atoms with E-state index in [1.807, 2.05) is 0 Å². The average molecular weight is 711 g/mol. The van der Waals surface area contributed by atoms with E-state index >= 15 is 0 Å². The van der Waals surface area contributed by atoms with Gasteiger partial charge in [0.05, 0.1) is 12.2 Å². The summed E-state index contributed by atoms with van der Waals surface area (Å²) in [5, 5.41) is 24.0. The second kappa shape index (κ2) is 44.0. The van der Waals surface area contributed by atoms with Gasteiger partial charge in [-0.2, -0.15) is 0 Å². The Labute approximate surface area is 298 Å². The molecule has 48 heavy (non-hydrogen) atoms. The zero-order chi connectivity index (χ0) is 37.3. The molecule has 1 unspecified atom stereocenters. The van der Waals surface area contributed by atoms with Crippen LogP contribution in [0.5, 0.6) is 0 Å². The van der Waals surface area contributed by atoms with Crippen LogP contribution in [-0.2, 0) is 23.2 Å². The highest BCUT2D eigenvalue weighted by molar-refractivity contribution is 7.53. The Hall–Kier alpha value is -0.990. The molecule has 0 saturated heterocycles. The Bertz CT molecular complexity index is 648. The first kappa shape index (κ1) is 53.8. The van der Waals surface area contributed by atoms with Crippen LogP contribution in [0.2, 0.25) is 0 Å². The molecule has 0 bridgehead atoms. The molecule has 0 aromatic rings. The quantitative estimate of drug-likeness (QED) is 0.0469. The zero-order valence-corrected chi connectivity index (χ0v) is 34.1. The highest BCUT2D eigenvalue weighted by Crippen LogP contribution is 2.48. The SMILES string of the molecule is CCCCC(CCCC)OP(=O)(CO)OC.CCCCC(O)CCCC.CCCCCC(=O)NCCC.CCCCCC(=O)NCCC. The predicted molar refractivity (Wildman–Crippen MR) is 206 cm³/mol. The number of amides is 2. The smallest absolute Gasteiger partial charge is 0.355 e. The summed E-state index contributed by atoms with van der Waals surface area (Å²) in [7, 11) is -1.95. The number of hydrogen-bond donors (Lipinski definition) is 4. The van der Waals surface area contributed by atoms with E-state index < -0.39 is 13.9 Å². The number of aliphatic hydroxyl groups is 2. The fourth-order valence-electron chi connectivity index (χ4n) is 4.28. The average Bonchev–Trinajstić information content (AvgIpc) is 3.10. The molecule has 0 aromatic heterocycles. The minimum absolute atomic E-state index is 0.0279. The summed E-state index contributed by atoms with van der Waals surface area (Å²) in [5.41, 5.74) is 0. The van der Waals surface area contributed by atoms with Gasteiger partial charge in [-0.05, 0) is 51.4 Å². The highest BCUT2D eigenvalue weighted by Gasteiger charge is 2.26. The largest absolute Gasteiger partial charge is 0.393 e. The van der Waals surface area contributed by atoms with Crippen molar-refractivity contribution in [1.29, 1.82) is 0 Å². The lowest BCUT2D eigenvalue weighted by molar-refractivity contribution is -0.122. The standard InChI is InChI=1S/C11H25O4P.2C9H19NO.C9H20O/c1-4-6-8-11(9-7-5-2)15-16(13,10-12)14-3;2*1-3-5-6-7-9(11)10-8-4-2;1-3-5-7-9(10)8-6-4-2/h11-12H,4-10H2,1-3H3;2*3-8H2,1-2H3,(H,10,11);9-10H,3-8H2,1-2H3. The van der Waals surface area contributed by atoms with Gasteiger partial charge in [0.15, 0.2) is 0 Å². The maximum Gasteiger partial charge on any atom is 0.355 e. The lowest BCUT2D eigenvalue weighted by Gasteiger charge is -2.22. The maximum absolute atomic E-state index is 11.8. The third kappa shape index (κ3) is 45.0. The van der Waals surface area contributed by atoms with Crippen LogP contribution in [0.15, 0.2) is 0 Å². The van der Waals surface area contributed by atoms with Gasteiger partial charge < -0.3 is 29.9 Å². The summed E-state index contributed by atoms with van der Waals surface area (Å²) in [6.07, 6.45) is 22.3. The van der Waals surface area contributed by atoms with Gasteiger partial charge in [0.2, 0.25) is 11.8 Å². The Balaban J connectivity index is -0.000000274. The zero-order valence-electron chi connectivity index (χ0n) is 33.2. The first-order valence-electron chi connectivity index (χ1n) is 19.7. The van der Waals surface area contributed by atoms with Crippen molar-refractivity contribution >= 4 is 19.4 Å². The molecular weight excluding hydrogens is 627 g/mol. The molecule has 292 valence electrons. The first-order chi connectivity index (χ1) is 23.0. The van der Waals surface area contributed by atoms with Crippen molar-refractivity contribution < 1.29 is 33.4 Å². The van der Waals surface area contributed by atoms with Gasteiger partial charge in [0, 0.05) is 33.0 Å². The fraction of sp³-hybridized carbons (Fsp3) is 0.947. The number of rotatable bonds is 28. The number of carbonyl (C=O) groups excluding carboxylic acids is 2. The molecule has 1 atom stereocenters. The molecule has 0 saturated carbocycles. The van der Waals surface area contributed by atoms with Crippen LogP contribution in [0.1, 0.15) is 197 Å². The van der Waals surface area contributed by atoms with Crippen LogP contribution in [0.3, 0.4) is 0 Å². The fourth-order valence-corrected chi connectivity index (χ4v) is 5.21. The molecule has 10 heteroatoms. The normalized spacial score (nSPS) is 11.8. The second-order valence-electron chi connectivity index (χ2n) is 12.5. The number of aliphatic hydroxyl groups excluding tert-OH is 2. The second-order valence-corrected chi connectivity index (χ2v) is 14.6. The molecular formula is C38H83N2O7P. The van der Waals surface area contributed by atoms with Crippen molar-refractivity contribution in [3.05, 3.63) is 0 Å². The lowest BCUT2D eigenvalue weighted by Crippen LogP contribution is -2.23. The van der Waals surface area contributed by atoms with Crippen molar-refractivity contribution in [2.24, 2.45) is 0 Å². The van der Waals surface area contributed by atoms with E-state index in [1.165, 1.54) is 58.5 Å². The highest BCUT2D eigenvalue weighted by atomic mass is 31.2. The molecule has 0 aliphatic heterocycles. The van der Waals surface area contributed by atoms with Crippen LogP contribution in [0, 0.1) is 0 Å². The van der Waals surface area contributed by atoms with Crippen molar-refractivity contribution in [2.75, 3.05) is 26.5 Å². The molecule has 2 amide bonds. The summed E-state index contributed by atoms with van der Waals surface area (Å²) in [4.78, 5) is 21.9. The number of hydrogen-bond acceptors (Lipinski definition) is 7. The summed E-state index contributed by atoms with van der Waals surface area (Å²) in [5.74, 6) is 0.417. The van der Waals surface area contributed by atoms with Crippen molar-refractivity contribution in [2.45, 2.75) is 209 Å². The van der Waals surface area contributed by atoms with Gasteiger partial charge in [-0.3, -0.25) is 14.2 Å². The number of nitrogens with one attached hydrogen (secondary N) is 2. The summed E-state index contributed by atoms with van der Waals surface area (Å²) >= 11 is 0. The molecule has 0 radical (unpaired) electrons. The van der Waals surface area contributed by atoms with Crippen LogP contribution in [-0.4, -0.2) is 60.8 Å². The molecule has 0 rings (SSSR count). The topological polar surface area (TPSA) is 134 Å². The van der Waals surface area contributed by atoms with Crippen molar-refractivity contribution in [1.82, 2.24) is 10.6 Å². The Morgan fingerprint density at radius 3 is 1.23 bits per heavy atom. The predicted octanol–water partition coefficient (Wildman–Crippen LogP) is 10.5. The van der Waals surface area contributed by atoms with E-state index in [0.717, 1.165) is 90.1 Å². The molecule has 9 nitrogen and oxygen atoms in total. The van der Waals surface area contributed by atoms with E-state index in [4.69, 9.17) is 14.2 Å². The first-order valence-corrected chi connectivity index (χ1v) is 21.4. The lowest BCUT2D eigenvalue weighted by atomic mass is 10.1. The molecule has 0 aromatic carbocycles. The van der Waals surface area contributed by atoms with Crippen LogP contribution in [0.25, 0.3) is 0 Å². The summed E-state index contributed by atoms with van der Waals surface area (Å²) in [6, 6.07) is 0. The number of unbranched alkanes of at least 4 members (excludes halogenated alkanes) is 8. The molecule has 0 fully saturated rings. The van der Waals surface area contributed by atoms with E-state index in [-0.39, 0.29) is 24.0 Å². The van der Waals surface area contributed by atoms with E-state index in [9.17, 15) is 19.3 Å². The molecule has 0 heterocycles. The van der Waals surface area contributed by atoms with E-state index in [0.29, 0.717) is 12.8 Å². The van der Waals surface area contributed by atoms with E-state index in [1.54, 1.807) is 0 Å². The third-order valence-electron chi connectivity index (χ3n) is 7.46. The molecule has 0 aliphatic rings. The Morgan fingerprint density at radius 2 is 0.938 bits per heavy atom.